The van der Waals surface area contributed by atoms with Gasteiger partial charge in [-0.05, 0) is 47.0 Å². The Morgan fingerprint density at radius 3 is 2.12 bits per heavy atom. The van der Waals surface area contributed by atoms with Gasteiger partial charge in [0.1, 0.15) is 17.7 Å². The molecule has 0 unspecified atom stereocenters. The van der Waals surface area contributed by atoms with E-state index in [2.05, 4.69) is 12.2 Å². The molecule has 0 aliphatic heterocycles. The lowest BCUT2D eigenvalue weighted by Gasteiger charge is -2.29. The van der Waals surface area contributed by atoms with Crippen LogP contribution in [0.15, 0.2) is 0 Å². The van der Waals surface area contributed by atoms with Gasteiger partial charge in [0.05, 0.1) is 6.10 Å². The summed E-state index contributed by atoms with van der Waals surface area (Å²) >= 11 is 0. The maximum atomic E-state index is 12.3. The summed E-state index contributed by atoms with van der Waals surface area (Å²) < 4.78 is 16.5. The third-order valence-corrected chi connectivity index (χ3v) is 3.59. The number of ether oxygens (including phenoxy) is 3. The molecule has 6 heteroatoms. The molecule has 0 spiro atoms. The molecule has 0 aromatic heterocycles. The van der Waals surface area contributed by atoms with Gasteiger partial charge in [-0.1, -0.05) is 33.6 Å². The zero-order chi connectivity index (χ0) is 19.6. The van der Waals surface area contributed by atoms with E-state index in [4.69, 9.17) is 14.2 Å². The molecule has 0 fully saturated rings. The number of hydrogen-bond donors (Lipinski definition) is 1. The second-order valence-electron chi connectivity index (χ2n) is 7.80. The molecule has 148 valence electrons. The van der Waals surface area contributed by atoms with E-state index in [1.54, 1.807) is 27.7 Å². The van der Waals surface area contributed by atoms with Crippen molar-refractivity contribution in [2.45, 2.75) is 98.5 Å². The molecule has 0 aromatic carbocycles. The SMILES string of the molecule is CCCCCO[C@@H](C)[C@H](OC(=O)[C@H](C)NC(=O)OC(C)(C)C)C(C)C. The van der Waals surface area contributed by atoms with Crippen molar-refractivity contribution in [2.24, 2.45) is 5.92 Å². The predicted molar refractivity (Wildman–Crippen MR) is 98.5 cm³/mol. The Morgan fingerprint density at radius 2 is 1.64 bits per heavy atom. The molecule has 0 aliphatic rings. The summed E-state index contributed by atoms with van der Waals surface area (Å²) in [6.45, 7) is 15.5. The van der Waals surface area contributed by atoms with Crippen LogP contribution in [0.5, 0.6) is 0 Å². The van der Waals surface area contributed by atoms with Crippen molar-refractivity contribution in [3.63, 3.8) is 0 Å². The molecule has 6 nitrogen and oxygen atoms in total. The molecule has 0 bridgehead atoms. The van der Waals surface area contributed by atoms with Gasteiger partial charge in [-0.25, -0.2) is 9.59 Å². The summed E-state index contributed by atoms with van der Waals surface area (Å²) in [6.07, 6.45) is 2.05. The van der Waals surface area contributed by atoms with Gasteiger partial charge in [-0.3, -0.25) is 0 Å². The molecule has 0 aromatic rings. The molecular formula is C19H37NO5. The van der Waals surface area contributed by atoms with Gasteiger partial charge in [0.2, 0.25) is 0 Å². The fraction of sp³-hybridized carbons (Fsp3) is 0.895. The minimum atomic E-state index is -0.789. The van der Waals surface area contributed by atoms with Crippen molar-refractivity contribution >= 4 is 12.1 Å². The summed E-state index contributed by atoms with van der Waals surface area (Å²) in [5, 5.41) is 2.50. The molecular weight excluding hydrogens is 322 g/mol. The van der Waals surface area contributed by atoms with Crippen LogP contribution in [-0.4, -0.2) is 42.5 Å². The van der Waals surface area contributed by atoms with Crippen molar-refractivity contribution in [2.75, 3.05) is 6.61 Å². The van der Waals surface area contributed by atoms with Crippen molar-refractivity contribution in [3.05, 3.63) is 0 Å². The number of nitrogens with one attached hydrogen (secondary N) is 1. The van der Waals surface area contributed by atoms with Crippen molar-refractivity contribution in [1.82, 2.24) is 5.32 Å². The van der Waals surface area contributed by atoms with Crippen LogP contribution in [0, 0.1) is 5.92 Å². The Labute approximate surface area is 153 Å². The molecule has 25 heavy (non-hydrogen) atoms. The number of unbranched alkanes of at least 4 members (excludes halogenated alkanes) is 2. The molecule has 0 saturated carbocycles. The number of alkyl carbamates (subject to hydrolysis) is 1. The molecule has 0 aliphatic carbocycles. The summed E-state index contributed by atoms with van der Waals surface area (Å²) in [4.78, 5) is 24.1. The highest BCUT2D eigenvalue weighted by Crippen LogP contribution is 2.16. The lowest BCUT2D eigenvalue weighted by Crippen LogP contribution is -2.45. The highest BCUT2D eigenvalue weighted by molar-refractivity contribution is 5.81. The highest BCUT2D eigenvalue weighted by Gasteiger charge is 2.29. The van der Waals surface area contributed by atoms with Gasteiger partial charge in [-0.2, -0.15) is 0 Å². The van der Waals surface area contributed by atoms with Crippen LogP contribution in [0.25, 0.3) is 0 Å². The van der Waals surface area contributed by atoms with Crippen LogP contribution in [0.4, 0.5) is 4.79 Å². The average Bonchev–Trinajstić information content (AvgIpc) is 2.46. The number of esters is 1. The first kappa shape index (κ1) is 23.7. The Balaban J connectivity index is 4.54. The zero-order valence-corrected chi connectivity index (χ0v) is 17.2. The van der Waals surface area contributed by atoms with Gasteiger partial charge < -0.3 is 19.5 Å². The molecule has 0 saturated heterocycles. The van der Waals surface area contributed by atoms with Crippen molar-refractivity contribution < 1.29 is 23.8 Å². The molecule has 0 rings (SSSR count). The third kappa shape index (κ3) is 11.0. The van der Waals surface area contributed by atoms with E-state index in [1.807, 2.05) is 20.8 Å². The van der Waals surface area contributed by atoms with E-state index in [0.29, 0.717) is 6.61 Å². The van der Waals surface area contributed by atoms with Crippen LogP contribution < -0.4 is 5.32 Å². The Morgan fingerprint density at radius 1 is 1.04 bits per heavy atom. The van der Waals surface area contributed by atoms with E-state index < -0.39 is 23.7 Å². The summed E-state index contributed by atoms with van der Waals surface area (Å²) in [5.74, 6) is -0.382. The largest absolute Gasteiger partial charge is 0.458 e. The fourth-order valence-electron chi connectivity index (χ4n) is 2.27. The minimum Gasteiger partial charge on any atom is -0.458 e. The van der Waals surface area contributed by atoms with Crippen LogP contribution in [-0.2, 0) is 19.0 Å². The number of carbonyl (C=O) groups excluding carboxylic acids is 2. The fourth-order valence-corrected chi connectivity index (χ4v) is 2.27. The molecule has 0 heterocycles. The van der Waals surface area contributed by atoms with E-state index in [0.717, 1.165) is 19.3 Å². The number of carbonyl (C=O) groups is 2. The lowest BCUT2D eigenvalue weighted by atomic mass is 10.0. The summed E-state index contributed by atoms with van der Waals surface area (Å²) in [7, 11) is 0. The van der Waals surface area contributed by atoms with Crippen LogP contribution in [0.2, 0.25) is 0 Å². The van der Waals surface area contributed by atoms with E-state index in [9.17, 15) is 9.59 Å². The second-order valence-corrected chi connectivity index (χ2v) is 7.80. The predicted octanol–water partition coefficient (Wildman–Crippen LogP) is 4.06. The van der Waals surface area contributed by atoms with Gasteiger partial charge in [0.25, 0.3) is 0 Å². The first-order valence-electron chi connectivity index (χ1n) is 9.29. The van der Waals surface area contributed by atoms with Crippen molar-refractivity contribution in [3.8, 4) is 0 Å². The highest BCUT2D eigenvalue weighted by atomic mass is 16.6. The maximum Gasteiger partial charge on any atom is 0.408 e. The van der Waals surface area contributed by atoms with E-state index in [-0.39, 0.29) is 18.1 Å². The molecule has 1 N–H and O–H groups in total. The standard InChI is InChI=1S/C19H37NO5/c1-9-10-11-12-23-15(5)16(13(2)3)24-17(21)14(4)20-18(22)25-19(6,7)8/h13-16H,9-12H2,1-8H3,(H,20,22)/t14-,15-,16+/m0/s1. The third-order valence-electron chi connectivity index (χ3n) is 3.59. The molecule has 0 radical (unpaired) electrons. The van der Waals surface area contributed by atoms with Gasteiger partial charge in [0, 0.05) is 6.61 Å². The Bertz CT molecular complexity index is 403. The lowest BCUT2D eigenvalue weighted by molar-refractivity contribution is -0.163. The molecule has 3 atom stereocenters. The van der Waals surface area contributed by atoms with E-state index >= 15 is 0 Å². The van der Waals surface area contributed by atoms with Gasteiger partial charge >= 0.3 is 12.1 Å². The van der Waals surface area contributed by atoms with Crippen molar-refractivity contribution in [1.29, 1.82) is 0 Å². The first-order valence-corrected chi connectivity index (χ1v) is 9.29. The van der Waals surface area contributed by atoms with E-state index in [1.165, 1.54) is 0 Å². The number of rotatable bonds is 10. The Hall–Kier alpha value is -1.30. The number of hydrogen-bond acceptors (Lipinski definition) is 5. The van der Waals surface area contributed by atoms with Crippen LogP contribution in [0.1, 0.15) is 74.7 Å². The summed E-state index contributed by atoms with van der Waals surface area (Å²) in [5.41, 5.74) is -0.616. The smallest absolute Gasteiger partial charge is 0.408 e. The van der Waals surface area contributed by atoms with Crippen LogP contribution >= 0.6 is 0 Å². The van der Waals surface area contributed by atoms with Gasteiger partial charge in [0.15, 0.2) is 0 Å². The zero-order valence-electron chi connectivity index (χ0n) is 17.2. The Kier molecular flexibility index (Phi) is 10.8. The second kappa shape index (κ2) is 11.3. The minimum absolute atomic E-state index is 0.110. The number of amides is 1. The maximum absolute atomic E-state index is 12.3. The quantitative estimate of drug-likeness (QED) is 0.470. The normalized spacial score (nSPS) is 15.4. The topological polar surface area (TPSA) is 73.9 Å². The molecule has 1 amide bonds. The van der Waals surface area contributed by atoms with Crippen LogP contribution in [0.3, 0.4) is 0 Å². The average molecular weight is 360 g/mol. The monoisotopic (exact) mass is 359 g/mol. The first-order chi connectivity index (χ1) is 11.5. The van der Waals surface area contributed by atoms with Gasteiger partial charge in [-0.15, -0.1) is 0 Å². The summed E-state index contributed by atoms with van der Waals surface area (Å²) in [6, 6.07) is -0.789.